The second-order valence-electron chi connectivity index (χ2n) is 3.96. The lowest BCUT2D eigenvalue weighted by atomic mass is 10.2. The molecule has 4 nitrogen and oxygen atoms in total. The zero-order valence-corrected chi connectivity index (χ0v) is 10.7. The summed E-state index contributed by atoms with van der Waals surface area (Å²) in [6, 6.07) is 8.96. The van der Waals surface area contributed by atoms with Gasteiger partial charge in [0.05, 0.1) is 5.25 Å². The molecule has 1 saturated heterocycles. The summed E-state index contributed by atoms with van der Waals surface area (Å²) < 4.78 is 5.14. The van der Waals surface area contributed by atoms with Crippen LogP contribution in [0.3, 0.4) is 0 Å². The van der Waals surface area contributed by atoms with E-state index < -0.39 is 0 Å². The van der Waals surface area contributed by atoms with Crippen LogP contribution in [-0.2, 0) is 4.79 Å². The Balaban J connectivity index is 1.89. The third-order valence-electron chi connectivity index (χ3n) is 2.65. The number of carbonyl (C=O) groups is 1. The molecule has 0 saturated carbocycles. The average Bonchev–Trinajstić information content (AvgIpc) is 2.92. The molecule has 0 aromatic heterocycles. The Bertz CT molecular complexity index is 447. The van der Waals surface area contributed by atoms with Gasteiger partial charge in [-0.3, -0.25) is 4.79 Å². The second-order valence-corrected chi connectivity index (χ2v) is 5.27. The van der Waals surface area contributed by atoms with Crippen LogP contribution in [0.1, 0.15) is 12.8 Å². The molecule has 1 amide bonds. The van der Waals surface area contributed by atoms with Crippen molar-refractivity contribution in [2.45, 2.75) is 18.1 Å². The molecular formula is C13H14N2O2S. The number of carbonyl (C=O) groups excluding carboxylic acids is 1. The summed E-state index contributed by atoms with van der Waals surface area (Å²) in [5.74, 6) is 1.77. The molecule has 1 aliphatic heterocycles. The van der Waals surface area contributed by atoms with Crippen molar-refractivity contribution in [2.75, 3.05) is 17.7 Å². The first kappa shape index (κ1) is 12.8. The number of ether oxygens (including phenoxy) is 1. The van der Waals surface area contributed by atoms with Gasteiger partial charge in [-0.2, -0.15) is 5.26 Å². The van der Waals surface area contributed by atoms with Crippen LogP contribution in [0.4, 0.5) is 5.69 Å². The molecule has 0 radical (unpaired) electrons. The number of nitrogens with one attached hydrogen (secondary N) is 1. The Kier molecular flexibility index (Phi) is 4.48. The lowest BCUT2D eigenvalue weighted by molar-refractivity contribution is -0.115. The summed E-state index contributed by atoms with van der Waals surface area (Å²) >= 11 is 1.71. The molecule has 1 unspecified atom stereocenters. The van der Waals surface area contributed by atoms with Crippen LogP contribution < -0.4 is 10.1 Å². The summed E-state index contributed by atoms with van der Waals surface area (Å²) in [5.41, 5.74) is 0.761. The number of thioether (sulfide) groups is 1. The Labute approximate surface area is 110 Å². The van der Waals surface area contributed by atoms with Crippen LogP contribution in [0.15, 0.2) is 24.3 Å². The fourth-order valence-electron chi connectivity index (χ4n) is 1.76. The van der Waals surface area contributed by atoms with Gasteiger partial charge in [0, 0.05) is 5.69 Å². The number of nitrogens with zero attached hydrogens (tertiary/aromatic N) is 1. The van der Waals surface area contributed by atoms with E-state index in [-0.39, 0.29) is 17.8 Å². The smallest absolute Gasteiger partial charge is 0.237 e. The SMILES string of the molecule is N#CCOc1ccc(NC(=O)C2CCCS2)cc1. The van der Waals surface area contributed by atoms with Crippen molar-refractivity contribution in [3.05, 3.63) is 24.3 Å². The van der Waals surface area contributed by atoms with Gasteiger partial charge < -0.3 is 10.1 Å². The van der Waals surface area contributed by atoms with Crippen molar-refractivity contribution < 1.29 is 9.53 Å². The molecular weight excluding hydrogens is 248 g/mol. The first-order valence-corrected chi connectivity index (χ1v) is 6.87. The van der Waals surface area contributed by atoms with Crippen LogP contribution in [0.2, 0.25) is 0 Å². The Morgan fingerprint density at radius 3 is 2.89 bits per heavy atom. The maximum atomic E-state index is 11.9. The molecule has 1 aliphatic rings. The van der Waals surface area contributed by atoms with E-state index in [1.807, 2.05) is 6.07 Å². The Morgan fingerprint density at radius 1 is 1.50 bits per heavy atom. The normalized spacial score (nSPS) is 18.1. The van der Waals surface area contributed by atoms with Gasteiger partial charge in [0.2, 0.25) is 5.91 Å². The summed E-state index contributed by atoms with van der Waals surface area (Å²) in [4.78, 5) is 11.9. The zero-order valence-electron chi connectivity index (χ0n) is 9.89. The number of nitriles is 1. The zero-order chi connectivity index (χ0) is 12.8. The van der Waals surface area contributed by atoms with E-state index in [1.54, 1.807) is 36.0 Å². The van der Waals surface area contributed by atoms with Crippen molar-refractivity contribution >= 4 is 23.4 Å². The van der Waals surface area contributed by atoms with Gasteiger partial charge >= 0.3 is 0 Å². The first-order valence-electron chi connectivity index (χ1n) is 5.82. The van der Waals surface area contributed by atoms with Gasteiger partial charge in [-0.15, -0.1) is 11.8 Å². The van der Waals surface area contributed by atoms with Gasteiger partial charge in [-0.1, -0.05) is 0 Å². The molecule has 1 heterocycles. The van der Waals surface area contributed by atoms with Gasteiger partial charge in [-0.05, 0) is 42.9 Å². The third kappa shape index (κ3) is 3.41. The van der Waals surface area contributed by atoms with E-state index in [4.69, 9.17) is 10.00 Å². The van der Waals surface area contributed by atoms with E-state index in [0.717, 1.165) is 24.3 Å². The highest BCUT2D eigenvalue weighted by molar-refractivity contribution is 8.00. The van der Waals surface area contributed by atoms with Gasteiger partial charge in [0.15, 0.2) is 6.61 Å². The molecule has 94 valence electrons. The topological polar surface area (TPSA) is 62.1 Å². The monoisotopic (exact) mass is 262 g/mol. The molecule has 18 heavy (non-hydrogen) atoms. The van der Waals surface area contributed by atoms with Crippen LogP contribution >= 0.6 is 11.8 Å². The average molecular weight is 262 g/mol. The molecule has 1 atom stereocenters. The van der Waals surface area contributed by atoms with Crippen LogP contribution in [-0.4, -0.2) is 23.5 Å². The maximum Gasteiger partial charge on any atom is 0.237 e. The van der Waals surface area contributed by atoms with E-state index >= 15 is 0 Å². The number of hydrogen-bond donors (Lipinski definition) is 1. The van der Waals surface area contributed by atoms with E-state index in [9.17, 15) is 4.79 Å². The fourth-order valence-corrected chi connectivity index (χ4v) is 2.92. The summed E-state index contributed by atoms with van der Waals surface area (Å²) in [6.07, 6.45) is 2.07. The predicted octanol–water partition coefficient (Wildman–Crippen LogP) is 2.42. The number of anilines is 1. The van der Waals surface area contributed by atoms with E-state index in [0.29, 0.717) is 5.75 Å². The Morgan fingerprint density at radius 2 is 2.28 bits per heavy atom. The number of amides is 1. The standard InChI is InChI=1S/C13H14N2O2S/c14-7-8-17-11-5-3-10(4-6-11)15-13(16)12-2-1-9-18-12/h3-6,12H,1-2,8-9H2,(H,15,16). The van der Waals surface area contributed by atoms with Crippen molar-refractivity contribution in [1.29, 1.82) is 5.26 Å². The summed E-state index contributed by atoms with van der Waals surface area (Å²) in [7, 11) is 0. The number of rotatable bonds is 4. The minimum Gasteiger partial charge on any atom is -0.479 e. The van der Waals surface area contributed by atoms with E-state index in [1.165, 1.54) is 0 Å². The molecule has 1 aromatic carbocycles. The minimum atomic E-state index is 0.0322. The summed E-state index contributed by atoms with van der Waals surface area (Å²) in [6.45, 7) is 0.0322. The Hall–Kier alpha value is -1.67. The quantitative estimate of drug-likeness (QED) is 0.905. The minimum absolute atomic E-state index is 0.0322. The lowest BCUT2D eigenvalue weighted by Gasteiger charge is -2.10. The van der Waals surface area contributed by atoms with Crippen LogP contribution in [0, 0.1) is 11.3 Å². The van der Waals surface area contributed by atoms with Gasteiger partial charge in [-0.25, -0.2) is 0 Å². The first-order chi connectivity index (χ1) is 8.79. The molecule has 1 fully saturated rings. The van der Waals surface area contributed by atoms with Crippen molar-refractivity contribution in [1.82, 2.24) is 0 Å². The van der Waals surface area contributed by atoms with Crippen LogP contribution in [0.25, 0.3) is 0 Å². The number of hydrogen-bond acceptors (Lipinski definition) is 4. The van der Waals surface area contributed by atoms with Crippen molar-refractivity contribution in [3.63, 3.8) is 0 Å². The second kappa shape index (κ2) is 6.31. The van der Waals surface area contributed by atoms with Gasteiger partial charge in [0.25, 0.3) is 0 Å². The van der Waals surface area contributed by atoms with Crippen molar-refractivity contribution in [2.24, 2.45) is 0 Å². The third-order valence-corrected chi connectivity index (χ3v) is 4.02. The molecule has 0 aliphatic carbocycles. The predicted molar refractivity (Wildman–Crippen MR) is 71.7 cm³/mol. The highest BCUT2D eigenvalue weighted by Gasteiger charge is 2.23. The highest BCUT2D eigenvalue weighted by atomic mass is 32.2. The molecule has 5 heteroatoms. The van der Waals surface area contributed by atoms with E-state index in [2.05, 4.69) is 5.32 Å². The largest absolute Gasteiger partial charge is 0.479 e. The molecule has 1 N–H and O–H groups in total. The fraction of sp³-hybridized carbons (Fsp3) is 0.385. The lowest BCUT2D eigenvalue weighted by Crippen LogP contribution is -2.22. The maximum absolute atomic E-state index is 11.9. The summed E-state index contributed by atoms with van der Waals surface area (Å²) in [5, 5.41) is 11.4. The molecule has 0 spiro atoms. The van der Waals surface area contributed by atoms with Crippen LogP contribution in [0.5, 0.6) is 5.75 Å². The molecule has 0 bridgehead atoms. The molecule has 2 rings (SSSR count). The number of benzene rings is 1. The highest BCUT2D eigenvalue weighted by Crippen LogP contribution is 2.27. The molecule has 1 aromatic rings. The van der Waals surface area contributed by atoms with Gasteiger partial charge in [0.1, 0.15) is 11.8 Å². The van der Waals surface area contributed by atoms with Crippen molar-refractivity contribution in [3.8, 4) is 11.8 Å².